The number of urea groups is 1. The molecule has 2 amide bonds. The second-order valence-corrected chi connectivity index (χ2v) is 4.48. The number of aliphatic carboxylic acids is 1. The highest BCUT2D eigenvalue weighted by Crippen LogP contribution is 2.06. The molecule has 4 N–H and O–H groups in total. The molecule has 7 heteroatoms. The molecule has 0 radical (unpaired) electrons. The number of likely N-dealkylation sites (N-methyl/N-ethyl adjacent to an activating group) is 1. The lowest BCUT2D eigenvalue weighted by Gasteiger charge is -2.21. The van der Waals surface area contributed by atoms with Crippen LogP contribution in [0, 0.1) is 0 Å². The Labute approximate surface area is 101 Å². The molecule has 0 saturated carbocycles. The van der Waals surface area contributed by atoms with Gasteiger partial charge in [-0.15, -0.1) is 0 Å². The van der Waals surface area contributed by atoms with Crippen LogP contribution in [0.25, 0.3) is 0 Å². The average Bonchev–Trinajstić information content (AvgIpc) is 2.12. The summed E-state index contributed by atoms with van der Waals surface area (Å²) in [7, 11) is 3.77. The van der Waals surface area contributed by atoms with Crippen LogP contribution in [-0.4, -0.2) is 66.4 Å². The number of nitrogens with one attached hydrogen (secondary N) is 2. The third-order valence-electron chi connectivity index (χ3n) is 2.01. The van der Waals surface area contributed by atoms with Gasteiger partial charge in [0, 0.05) is 19.6 Å². The van der Waals surface area contributed by atoms with Gasteiger partial charge in [0.1, 0.15) is 0 Å². The number of carboxylic acid groups (broad SMARTS) is 1. The van der Waals surface area contributed by atoms with Gasteiger partial charge in [-0.05, 0) is 21.0 Å². The minimum atomic E-state index is -1.44. The van der Waals surface area contributed by atoms with E-state index in [2.05, 4.69) is 10.6 Å². The van der Waals surface area contributed by atoms with E-state index in [0.717, 1.165) is 0 Å². The van der Waals surface area contributed by atoms with Crippen molar-refractivity contribution in [2.45, 2.75) is 18.9 Å². The van der Waals surface area contributed by atoms with Crippen molar-refractivity contribution in [3.05, 3.63) is 0 Å². The van der Waals surface area contributed by atoms with Crippen molar-refractivity contribution in [2.75, 3.05) is 33.7 Å². The summed E-state index contributed by atoms with van der Waals surface area (Å²) in [4.78, 5) is 23.6. The van der Waals surface area contributed by atoms with Gasteiger partial charge in [-0.3, -0.25) is 4.79 Å². The molecule has 7 nitrogen and oxygen atoms in total. The van der Waals surface area contributed by atoms with E-state index in [9.17, 15) is 14.7 Å². The molecule has 0 bridgehead atoms. The van der Waals surface area contributed by atoms with Crippen LogP contribution in [0.2, 0.25) is 0 Å². The number of rotatable bonds is 7. The molecule has 0 aromatic heterocycles. The SMILES string of the molecule is CN(C)CCNC(=O)NCC(C)(O)CC(=O)O. The van der Waals surface area contributed by atoms with Gasteiger partial charge >= 0.3 is 12.0 Å². The van der Waals surface area contributed by atoms with E-state index in [4.69, 9.17) is 5.11 Å². The van der Waals surface area contributed by atoms with Gasteiger partial charge in [-0.1, -0.05) is 0 Å². The normalized spacial score (nSPS) is 14.2. The van der Waals surface area contributed by atoms with E-state index in [-0.39, 0.29) is 6.54 Å². The summed E-state index contributed by atoms with van der Waals surface area (Å²) in [6.45, 7) is 2.45. The van der Waals surface area contributed by atoms with Crippen molar-refractivity contribution in [3.63, 3.8) is 0 Å². The van der Waals surface area contributed by atoms with Gasteiger partial charge in [0.15, 0.2) is 0 Å². The van der Waals surface area contributed by atoms with Gasteiger partial charge < -0.3 is 25.7 Å². The summed E-state index contributed by atoms with van der Waals surface area (Å²) in [5, 5.41) is 23.1. The third kappa shape index (κ3) is 9.58. The zero-order valence-electron chi connectivity index (χ0n) is 10.5. The zero-order chi connectivity index (χ0) is 13.5. The molecule has 1 atom stereocenters. The highest BCUT2D eigenvalue weighted by atomic mass is 16.4. The number of carbonyl (C=O) groups is 2. The Morgan fingerprint density at radius 2 is 1.88 bits per heavy atom. The number of hydrogen-bond acceptors (Lipinski definition) is 4. The first-order valence-electron chi connectivity index (χ1n) is 5.33. The Balaban J connectivity index is 3.79. The average molecular weight is 247 g/mol. The number of aliphatic hydroxyl groups is 1. The van der Waals surface area contributed by atoms with E-state index < -0.39 is 24.0 Å². The summed E-state index contributed by atoms with van der Waals surface area (Å²) in [6.07, 6.45) is -0.412. The lowest BCUT2D eigenvalue weighted by molar-refractivity contribution is -0.141. The molecular weight excluding hydrogens is 226 g/mol. The summed E-state index contributed by atoms with van der Waals surface area (Å²) >= 11 is 0. The smallest absolute Gasteiger partial charge is 0.314 e. The first-order chi connectivity index (χ1) is 7.73. The Kier molecular flexibility index (Phi) is 6.52. The Morgan fingerprint density at radius 1 is 1.29 bits per heavy atom. The van der Waals surface area contributed by atoms with Gasteiger partial charge in [-0.25, -0.2) is 4.79 Å². The molecule has 0 aliphatic carbocycles. The van der Waals surface area contributed by atoms with Crippen molar-refractivity contribution < 1.29 is 19.8 Å². The molecule has 0 rings (SSSR count). The summed E-state index contributed by atoms with van der Waals surface area (Å²) in [5.41, 5.74) is -1.44. The number of carboxylic acids is 1. The monoisotopic (exact) mass is 247 g/mol. The van der Waals surface area contributed by atoms with Crippen LogP contribution in [0.1, 0.15) is 13.3 Å². The molecule has 0 aromatic carbocycles. The van der Waals surface area contributed by atoms with Crippen molar-refractivity contribution in [1.82, 2.24) is 15.5 Å². The van der Waals surface area contributed by atoms with Crippen LogP contribution in [-0.2, 0) is 4.79 Å². The minimum Gasteiger partial charge on any atom is -0.481 e. The zero-order valence-corrected chi connectivity index (χ0v) is 10.5. The van der Waals surface area contributed by atoms with Crippen molar-refractivity contribution in [3.8, 4) is 0 Å². The molecule has 0 aromatic rings. The fourth-order valence-corrected chi connectivity index (χ4v) is 1.11. The predicted octanol–water partition coefficient (Wildman–Crippen LogP) is -0.927. The van der Waals surface area contributed by atoms with Crippen LogP contribution in [0.5, 0.6) is 0 Å². The highest BCUT2D eigenvalue weighted by molar-refractivity contribution is 5.74. The van der Waals surface area contributed by atoms with Crippen molar-refractivity contribution >= 4 is 12.0 Å². The number of nitrogens with zero attached hydrogens (tertiary/aromatic N) is 1. The summed E-state index contributed by atoms with van der Waals surface area (Å²) in [5.74, 6) is -1.11. The Hall–Kier alpha value is -1.34. The van der Waals surface area contributed by atoms with E-state index in [1.54, 1.807) is 0 Å². The van der Waals surface area contributed by atoms with Gasteiger partial charge in [0.05, 0.1) is 12.0 Å². The first kappa shape index (κ1) is 15.7. The maximum atomic E-state index is 11.3. The molecular formula is C10H21N3O4. The summed E-state index contributed by atoms with van der Waals surface area (Å²) < 4.78 is 0. The summed E-state index contributed by atoms with van der Waals surface area (Å²) in [6, 6.07) is -0.419. The number of hydrogen-bond donors (Lipinski definition) is 4. The van der Waals surface area contributed by atoms with Gasteiger partial charge in [-0.2, -0.15) is 0 Å². The molecule has 0 spiro atoms. The molecule has 0 heterocycles. The molecule has 0 aliphatic heterocycles. The largest absolute Gasteiger partial charge is 0.481 e. The highest BCUT2D eigenvalue weighted by Gasteiger charge is 2.24. The van der Waals surface area contributed by atoms with Gasteiger partial charge in [0.2, 0.25) is 0 Å². The molecule has 100 valence electrons. The fourth-order valence-electron chi connectivity index (χ4n) is 1.11. The maximum absolute atomic E-state index is 11.3. The molecule has 0 aliphatic rings. The first-order valence-corrected chi connectivity index (χ1v) is 5.33. The maximum Gasteiger partial charge on any atom is 0.314 e. The van der Waals surface area contributed by atoms with E-state index >= 15 is 0 Å². The van der Waals surface area contributed by atoms with Crippen LogP contribution in [0.15, 0.2) is 0 Å². The van der Waals surface area contributed by atoms with Crippen LogP contribution in [0.4, 0.5) is 4.79 Å². The molecule has 0 saturated heterocycles. The van der Waals surface area contributed by atoms with Crippen molar-refractivity contribution in [2.24, 2.45) is 0 Å². The molecule has 17 heavy (non-hydrogen) atoms. The van der Waals surface area contributed by atoms with Crippen LogP contribution < -0.4 is 10.6 Å². The lowest BCUT2D eigenvalue weighted by atomic mass is 10.0. The Bertz CT molecular complexity index is 266. The van der Waals surface area contributed by atoms with E-state index in [1.807, 2.05) is 19.0 Å². The standard InChI is InChI=1S/C10H21N3O4/c1-10(17,6-8(14)15)7-12-9(16)11-4-5-13(2)3/h17H,4-7H2,1-3H3,(H,14,15)(H2,11,12,16). The predicted molar refractivity (Wildman–Crippen MR) is 62.8 cm³/mol. The quantitative estimate of drug-likeness (QED) is 0.466. The molecule has 0 fully saturated rings. The van der Waals surface area contributed by atoms with Crippen molar-refractivity contribution in [1.29, 1.82) is 0 Å². The fraction of sp³-hybridized carbons (Fsp3) is 0.800. The Morgan fingerprint density at radius 3 is 2.35 bits per heavy atom. The topological polar surface area (TPSA) is 102 Å². The van der Waals surface area contributed by atoms with Crippen LogP contribution in [0.3, 0.4) is 0 Å². The van der Waals surface area contributed by atoms with E-state index in [1.165, 1.54) is 6.92 Å². The lowest BCUT2D eigenvalue weighted by Crippen LogP contribution is -2.46. The van der Waals surface area contributed by atoms with Gasteiger partial charge in [0.25, 0.3) is 0 Å². The number of carbonyl (C=O) groups excluding carboxylic acids is 1. The number of amides is 2. The minimum absolute atomic E-state index is 0.104. The second kappa shape index (κ2) is 7.08. The van der Waals surface area contributed by atoms with Crippen LogP contribution >= 0.6 is 0 Å². The second-order valence-electron chi connectivity index (χ2n) is 4.48. The van der Waals surface area contributed by atoms with E-state index in [0.29, 0.717) is 13.1 Å². The third-order valence-corrected chi connectivity index (χ3v) is 2.01. The molecule has 1 unspecified atom stereocenters.